The SMILES string of the molecule is CCNC(c1ccccc1)C(C)CN(C)CC(C)(C)C. The summed E-state index contributed by atoms with van der Waals surface area (Å²) in [7, 11) is 2.23. The van der Waals surface area contributed by atoms with Crippen LogP contribution in [0, 0.1) is 11.3 Å². The van der Waals surface area contributed by atoms with E-state index in [0.717, 1.165) is 19.6 Å². The van der Waals surface area contributed by atoms with E-state index in [4.69, 9.17) is 0 Å². The molecule has 0 aromatic heterocycles. The summed E-state index contributed by atoms with van der Waals surface area (Å²) >= 11 is 0. The molecule has 1 aromatic rings. The van der Waals surface area contributed by atoms with E-state index in [9.17, 15) is 0 Å². The monoisotopic (exact) mass is 276 g/mol. The molecule has 2 atom stereocenters. The van der Waals surface area contributed by atoms with Crippen LogP contribution in [0.4, 0.5) is 0 Å². The van der Waals surface area contributed by atoms with Crippen molar-refractivity contribution in [2.45, 2.75) is 40.7 Å². The van der Waals surface area contributed by atoms with Gasteiger partial charge in [-0.15, -0.1) is 0 Å². The average Bonchev–Trinajstić information content (AvgIpc) is 2.34. The number of nitrogens with zero attached hydrogens (tertiary/aromatic N) is 1. The molecular formula is C18H32N2. The van der Waals surface area contributed by atoms with Gasteiger partial charge in [0.05, 0.1) is 0 Å². The van der Waals surface area contributed by atoms with Crippen molar-refractivity contribution in [1.29, 1.82) is 0 Å². The van der Waals surface area contributed by atoms with E-state index in [2.05, 4.69) is 82.2 Å². The molecule has 0 radical (unpaired) electrons. The Balaban J connectivity index is 2.68. The lowest BCUT2D eigenvalue weighted by atomic mass is 9.92. The summed E-state index contributed by atoms with van der Waals surface area (Å²) in [5.74, 6) is 0.588. The van der Waals surface area contributed by atoms with Gasteiger partial charge in [-0.2, -0.15) is 0 Å². The van der Waals surface area contributed by atoms with Crippen molar-refractivity contribution in [3.63, 3.8) is 0 Å². The van der Waals surface area contributed by atoms with Gasteiger partial charge in [0, 0.05) is 19.1 Å². The van der Waals surface area contributed by atoms with Crippen LogP contribution >= 0.6 is 0 Å². The molecule has 20 heavy (non-hydrogen) atoms. The Kier molecular flexibility index (Phi) is 6.70. The molecule has 114 valence electrons. The molecule has 0 saturated heterocycles. The maximum Gasteiger partial charge on any atom is 0.0358 e. The summed E-state index contributed by atoms with van der Waals surface area (Å²) in [5, 5.41) is 3.64. The zero-order chi connectivity index (χ0) is 15.2. The lowest BCUT2D eigenvalue weighted by molar-refractivity contribution is 0.187. The normalized spacial score (nSPS) is 15.3. The molecule has 1 rings (SSSR count). The summed E-state index contributed by atoms with van der Waals surface area (Å²) in [6.07, 6.45) is 0. The Morgan fingerprint density at radius 2 is 1.75 bits per heavy atom. The van der Waals surface area contributed by atoms with Crippen molar-refractivity contribution in [1.82, 2.24) is 10.2 Å². The maximum absolute atomic E-state index is 3.64. The van der Waals surface area contributed by atoms with Crippen molar-refractivity contribution < 1.29 is 0 Å². The van der Waals surface area contributed by atoms with E-state index in [1.165, 1.54) is 5.56 Å². The topological polar surface area (TPSA) is 15.3 Å². The van der Waals surface area contributed by atoms with Gasteiger partial charge in [0.15, 0.2) is 0 Å². The van der Waals surface area contributed by atoms with Gasteiger partial charge in [-0.1, -0.05) is 65.0 Å². The van der Waals surface area contributed by atoms with Crippen LogP contribution in [-0.4, -0.2) is 31.6 Å². The highest BCUT2D eigenvalue weighted by atomic mass is 15.1. The Morgan fingerprint density at radius 1 is 1.15 bits per heavy atom. The van der Waals surface area contributed by atoms with Crippen LogP contribution in [0.15, 0.2) is 30.3 Å². The Morgan fingerprint density at radius 3 is 2.25 bits per heavy atom. The first-order chi connectivity index (χ1) is 9.33. The molecule has 0 bridgehead atoms. The predicted octanol–water partition coefficient (Wildman–Crippen LogP) is 3.95. The van der Waals surface area contributed by atoms with E-state index in [-0.39, 0.29) is 0 Å². The van der Waals surface area contributed by atoms with Crippen molar-refractivity contribution in [3.8, 4) is 0 Å². The van der Waals surface area contributed by atoms with Crippen molar-refractivity contribution in [3.05, 3.63) is 35.9 Å². The number of nitrogens with one attached hydrogen (secondary N) is 1. The van der Waals surface area contributed by atoms with Crippen molar-refractivity contribution in [2.24, 2.45) is 11.3 Å². The molecule has 1 N–H and O–H groups in total. The third kappa shape index (κ3) is 6.06. The minimum absolute atomic E-state index is 0.356. The van der Waals surface area contributed by atoms with Gasteiger partial charge >= 0.3 is 0 Å². The Labute approximate surface area is 125 Å². The third-order valence-electron chi connectivity index (χ3n) is 3.50. The molecule has 0 saturated carbocycles. The molecule has 2 unspecified atom stereocenters. The first-order valence-corrected chi connectivity index (χ1v) is 7.80. The number of benzene rings is 1. The van der Waals surface area contributed by atoms with Crippen LogP contribution in [0.5, 0.6) is 0 Å². The smallest absolute Gasteiger partial charge is 0.0358 e. The first-order valence-electron chi connectivity index (χ1n) is 7.80. The van der Waals surface area contributed by atoms with E-state index in [0.29, 0.717) is 17.4 Å². The average molecular weight is 276 g/mol. The molecule has 0 aliphatic rings. The number of rotatable bonds is 7. The predicted molar refractivity (Wildman–Crippen MR) is 89.0 cm³/mol. The Bertz CT molecular complexity index is 367. The molecule has 0 amide bonds. The zero-order valence-electron chi connectivity index (χ0n) is 14.1. The van der Waals surface area contributed by atoms with Crippen LogP contribution < -0.4 is 5.32 Å². The minimum Gasteiger partial charge on any atom is -0.310 e. The fourth-order valence-electron chi connectivity index (χ4n) is 3.00. The van der Waals surface area contributed by atoms with E-state index < -0.39 is 0 Å². The molecule has 2 nitrogen and oxygen atoms in total. The largest absolute Gasteiger partial charge is 0.310 e. The molecule has 1 aromatic carbocycles. The van der Waals surface area contributed by atoms with Gasteiger partial charge in [-0.25, -0.2) is 0 Å². The highest BCUT2D eigenvalue weighted by Crippen LogP contribution is 2.23. The quantitative estimate of drug-likeness (QED) is 0.811. The Hall–Kier alpha value is -0.860. The van der Waals surface area contributed by atoms with Gasteiger partial charge in [0.2, 0.25) is 0 Å². The van der Waals surface area contributed by atoms with Gasteiger partial charge in [-0.05, 0) is 30.5 Å². The molecular weight excluding hydrogens is 244 g/mol. The van der Waals surface area contributed by atoms with E-state index in [1.807, 2.05) is 0 Å². The van der Waals surface area contributed by atoms with Crippen LogP contribution in [-0.2, 0) is 0 Å². The molecule has 2 heteroatoms. The molecule has 0 heterocycles. The fraction of sp³-hybridized carbons (Fsp3) is 0.667. The molecule has 0 fully saturated rings. The van der Waals surface area contributed by atoms with Crippen LogP contribution in [0.3, 0.4) is 0 Å². The lowest BCUT2D eigenvalue weighted by Gasteiger charge is -2.32. The second kappa shape index (κ2) is 7.80. The van der Waals surface area contributed by atoms with Crippen LogP contribution in [0.2, 0.25) is 0 Å². The number of hydrogen-bond donors (Lipinski definition) is 1. The van der Waals surface area contributed by atoms with Gasteiger partial charge in [0.25, 0.3) is 0 Å². The summed E-state index contributed by atoms with van der Waals surface area (Å²) in [6.45, 7) is 14.7. The standard InChI is InChI=1S/C18H32N2/c1-7-19-17(16-11-9-8-10-12-16)15(2)13-20(6)14-18(3,4)5/h8-12,15,17,19H,7,13-14H2,1-6H3. The summed E-state index contributed by atoms with van der Waals surface area (Å²) in [4.78, 5) is 2.46. The third-order valence-corrected chi connectivity index (χ3v) is 3.50. The second-order valence-corrected chi connectivity index (χ2v) is 7.18. The highest BCUT2D eigenvalue weighted by Gasteiger charge is 2.21. The molecule has 0 spiro atoms. The number of hydrogen-bond acceptors (Lipinski definition) is 2. The zero-order valence-corrected chi connectivity index (χ0v) is 14.1. The summed E-state index contributed by atoms with van der Waals surface area (Å²) in [6, 6.07) is 11.2. The summed E-state index contributed by atoms with van der Waals surface area (Å²) < 4.78 is 0. The van der Waals surface area contributed by atoms with Crippen LogP contribution in [0.25, 0.3) is 0 Å². The van der Waals surface area contributed by atoms with E-state index in [1.54, 1.807) is 0 Å². The first kappa shape index (κ1) is 17.2. The highest BCUT2D eigenvalue weighted by molar-refractivity contribution is 5.19. The second-order valence-electron chi connectivity index (χ2n) is 7.18. The van der Waals surface area contributed by atoms with Gasteiger partial charge in [-0.3, -0.25) is 0 Å². The fourth-order valence-corrected chi connectivity index (χ4v) is 3.00. The van der Waals surface area contributed by atoms with Crippen molar-refractivity contribution >= 4 is 0 Å². The van der Waals surface area contributed by atoms with Crippen molar-refractivity contribution in [2.75, 3.05) is 26.7 Å². The van der Waals surface area contributed by atoms with Gasteiger partial charge < -0.3 is 10.2 Å². The van der Waals surface area contributed by atoms with Gasteiger partial charge in [0.1, 0.15) is 0 Å². The lowest BCUT2D eigenvalue weighted by Crippen LogP contribution is -2.37. The van der Waals surface area contributed by atoms with E-state index >= 15 is 0 Å². The summed E-state index contributed by atoms with van der Waals surface area (Å²) in [5.41, 5.74) is 1.75. The van der Waals surface area contributed by atoms with Crippen LogP contribution in [0.1, 0.15) is 46.2 Å². The minimum atomic E-state index is 0.356. The maximum atomic E-state index is 3.64. The molecule has 0 aliphatic heterocycles. The molecule has 0 aliphatic carbocycles.